The van der Waals surface area contributed by atoms with Crippen LogP contribution in [-0.2, 0) is 14.3 Å². The van der Waals surface area contributed by atoms with Crippen LogP contribution in [0.3, 0.4) is 0 Å². The summed E-state index contributed by atoms with van der Waals surface area (Å²) in [6.07, 6.45) is 6.09. The standard InChI is InChI=1S/C15H26N2O4/c16-15(6-8-21-9-7-15)13(20)17-11-14(10-12(18)19)4-2-1-3-5-14/h1-11,16H2,(H,17,20)(H,18,19). The summed E-state index contributed by atoms with van der Waals surface area (Å²) in [5, 5.41) is 12.1. The first-order valence-corrected chi connectivity index (χ1v) is 7.83. The van der Waals surface area contributed by atoms with Crippen molar-refractivity contribution in [1.82, 2.24) is 5.32 Å². The van der Waals surface area contributed by atoms with Gasteiger partial charge < -0.3 is 20.9 Å². The van der Waals surface area contributed by atoms with Crippen molar-refractivity contribution in [3.05, 3.63) is 0 Å². The number of amides is 1. The second-order valence-corrected chi connectivity index (χ2v) is 6.58. The third kappa shape index (κ3) is 4.17. The fraction of sp³-hybridized carbons (Fsp3) is 0.867. The molecule has 1 saturated heterocycles. The molecule has 0 spiro atoms. The highest BCUT2D eigenvalue weighted by molar-refractivity contribution is 5.86. The Balaban J connectivity index is 1.94. The van der Waals surface area contributed by atoms with Gasteiger partial charge in [0.05, 0.1) is 12.0 Å². The number of hydrogen-bond donors (Lipinski definition) is 3. The molecule has 1 aliphatic heterocycles. The van der Waals surface area contributed by atoms with Gasteiger partial charge in [0, 0.05) is 19.8 Å². The topological polar surface area (TPSA) is 102 Å². The van der Waals surface area contributed by atoms with Crippen molar-refractivity contribution in [2.45, 2.75) is 56.9 Å². The Morgan fingerprint density at radius 3 is 2.29 bits per heavy atom. The van der Waals surface area contributed by atoms with E-state index in [9.17, 15) is 9.59 Å². The van der Waals surface area contributed by atoms with Crippen LogP contribution in [0, 0.1) is 5.41 Å². The minimum absolute atomic E-state index is 0.119. The van der Waals surface area contributed by atoms with Crippen LogP contribution in [0.4, 0.5) is 0 Å². The lowest BCUT2D eigenvalue weighted by atomic mass is 9.71. The molecule has 21 heavy (non-hydrogen) atoms. The lowest BCUT2D eigenvalue weighted by Crippen LogP contribution is -2.58. The number of carboxylic acids is 1. The van der Waals surface area contributed by atoms with Gasteiger partial charge in [-0.3, -0.25) is 9.59 Å². The quantitative estimate of drug-likeness (QED) is 0.704. The fourth-order valence-corrected chi connectivity index (χ4v) is 3.45. The largest absolute Gasteiger partial charge is 0.481 e. The third-order valence-electron chi connectivity index (χ3n) is 4.90. The van der Waals surface area contributed by atoms with E-state index in [1.165, 1.54) is 0 Å². The number of carbonyl (C=O) groups is 2. The van der Waals surface area contributed by atoms with Crippen LogP contribution in [0.1, 0.15) is 51.4 Å². The number of nitrogens with two attached hydrogens (primary N) is 1. The monoisotopic (exact) mass is 298 g/mol. The zero-order valence-corrected chi connectivity index (χ0v) is 12.5. The summed E-state index contributed by atoms with van der Waals surface area (Å²) in [5.41, 5.74) is 4.99. The van der Waals surface area contributed by atoms with E-state index in [-0.39, 0.29) is 17.7 Å². The van der Waals surface area contributed by atoms with Gasteiger partial charge in [-0.15, -0.1) is 0 Å². The summed E-state index contributed by atoms with van der Waals surface area (Å²) in [5.74, 6) is -0.958. The van der Waals surface area contributed by atoms with Crippen LogP contribution in [0.2, 0.25) is 0 Å². The average Bonchev–Trinajstić information content (AvgIpc) is 2.46. The molecule has 1 saturated carbocycles. The molecule has 1 amide bonds. The van der Waals surface area contributed by atoms with Crippen LogP contribution in [0.5, 0.6) is 0 Å². The molecular weight excluding hydrogens is 272 g/mol. The molecule has 1 aliphatic carbocycles. The van der Waals surface area contributed by atoms with Crippen molar-refractivity contribution in [2.24, 2.45) is 11.1 Å². The summed E-state index contributed by atoms with van der Waals surface area (Å²) >= 11 is 0. The Morgan fingerprint density at radius 2 is 1.71 bits per heavy atom. The molecule has 1 heterocycles. The number of hydrogen-bond acceptors (Lipinski definition) is 4. The number of carbonyl (C=O) groups excluding carboxylic acids is 1. The van der Waals surface area contributed by atoms with Gasteiger partial charge >= 0.3 is 5.97 Å². The highest BCUT2D eigenvalue weighted by Gasteiger charge is 2.39. The number of rotatable bonds is 5. The first-order valence-electron chi connectivity index (χ1n) is 7.83. The molecule has 4 N–H and O–H groups in total. The number of ether oxygens (including phenoxy) is 1. The molecular formula is C15H26N2O4. The summed E-state index contributed by atoms with van der Waals surface area (Å²) in [6, 6.07) is 0. The van der Waals surface area contributed by atoms with E-state index < -0.39 is 11.5 Å². The van der Waals surface area contributed by atoms with Crippen molar-refractivity contribution in [3.8, 4) is 0 Å². The lowest BCUT2D eigenvalue weighted by molar-refractivity contribution is -0.141. The molecule has 2 aliphatic rings. The minimum Gasteiger partial charge on any atom is -0.481 e. The predicted octanol–water partition coefficient (Wildman–Crippen LogP) is 1.04. The Kier molecular flexibility index (Phi) is 5.22. The van der Waals surface area contributed by atoms with Gasteiger partial charge in [0.25, 0.3) is 0 Å². The van der Waals surface area contributed by atoms with E-state index >= 15 is 0 Å². The van der Waals surface area contributed by atoms with Gasteiger partial charge in [-0.1, -0.05) is 19.3 Å². The van der Waals surface area contributed by atoms with Gasteiger partial charge in [0.2, 0.25) is 5.91 Å². The normalized spacial score (nSPS) is 24.2. The highest BCUT2D eigenvalue weighted by atomic mass is 16.5. The summed E-state index contributed by atoms with van der Waals surface area (Å²) in [6.45, 7) is 1.42. The summed E-state index contributed by atoms with van der Waals surface area (Å²) in [7, 11) is 0. The lowest BCUT2D eigenvalue weighted by Gasteiger charge is -2.38. The molecule has 0 bridgehead atoms. The van der Waals surface area contributed by atoms with Gasteiger partial charge in [-0.25, -0.2) is 0 Å². The van der Waals surface area contributed by atoms with E-state index in [0.29, 0.717) is 32.6 Å². The van der Waals surface area contributed by atoms with Crippen LogP contribution >= 0.6 is 0 Å². The average molecular weight is 298 g/mol. The second-order valence-electron chi connectivity index (χ2n) is 6.58. The minimum atomic E-state index is -0.864. The zero-order chi connectivity index (χ0) is 15.3. The molecule has 2 rings (SSSR count). The molecule has 0 atom stereocenters. The molecule has 0 aromatic carbocycles. The SMILES string of the molecule is NC1(C(=O)NCC2(CC(=O)O)CCCCC2)CCOCC1. The van der Waals surface area contributed by atoms with Crippen LogP contribution in [-0.4, -0.2) is 42.3 Å². The Hall–Kier alpha value is -1.14. The van der Waals surface area contributed by atoms with Gasteiger partial charge in [0.15, 0.2) is 0 Å². The second kappa shape index (κ2) is 6.75. The van der Waals surface area contributed by atoms with Crippen molar-refractivity contribution in [3.63, 3.8) is 0 Å². The van der Waals surface area contributed by atoms with E-state index in [4.69, 9.17) is 15.6 Å². The first-order chi connectivity index (χ1) is 9.96. The molecule has 2 fully saturated rings. The van der Waals surface area contributed by atoms with Crippen molar-refractivity contribution in [1.29, 1.82) is 0 Å². The van der Waals surface area contributed by atoms with E-state index in [0.717, 1.165) is 32.1 Å². The van der Waals surface area contributed by atoms with Crippen molar-refractivity contribution >= 4 is 11.9 Å². The summed E-state index contributed by atoms with van der Waals surface area (Å²) in [4.78, 5) is 23.5. The Bertz CT molecular complexity index is 385. The molecule has 0 aromatic rings. The van der Waals surface area contributed by atoms with E-state index in [2.05, 4.69) is 5.32 Å². The van der Waals surface area contributed by atoms with Crippen LogP contribution < -0.4 is 11.1 Å². The van der Waals surface area contributed by atoms with Gasteiger partial charge in [0.1, 0.15) is 0 Å². The first kappa shape index (κ1) is 16.2. The predicted molar refractivity (Wildman–Crippen MR) is 77.8 cm³/mol. The molecule has 6 heteroatoms. The van der Waals surface area contributed by atoms with Gasteiger partial charge in [-0.05, 0) is 31.1 Å². The highest BCUT2D eigenvalue weighted by Crippen LogP contribution is 2.39. The van der Waals surface area contributed by atoms with E-state index in [1.807, 2.05) is 0 Å². The van der Waals surface area contributed by atoms with E-state index in [1.54, 1.807) is 0 Å². The smallest absolute Gasteiger partial charge is 0.303 e. The maximum atomic E-state index is 12.4. The molecule has 6 nitrogen and oxygen atoms in total. The maximum absolute atomic E-state index is 12.4. The third-order valence-corrected chi connectivity index (χ3v) is 4.90. The molecule has 0 aromatic heterocycles. The van der Waals surface area contributed by atoms with Crippen molar-refractivity contribution < 1.29 is 19.4 Å². The molecule has 0 unspecified atom stereocenters. The summed E-state index contributed by atoms with van der Waals surface area (Å²) < 4.78 is 5.24. The maximum Gasteiger partial charge on any atom is 0.303 e. The number of aliphatic carboxylic acids is 1. The van der Waals surface area contributed by atoms with Gasteiger partial charge in [-0.2, -0.15) is 0 Å². The van der Waals surface area contributed by atoms with Crippen LogP contribution in [0.15, 0.2) is 0 Å². The van der Waals surface area contributed by atoms with Crippen LogP contribution in [0.25, 0.3) is 0 Å². The number of nitrogens with one attached hydrogen (secondary N) is 1. The zero-order valence-electron chi connectivity index (χ0n) is 12.5. The Morgan fingerprint density at radius 1 is 1.10 bits per heavy atom. The number of carboxylic acid groups (broad SMARTS) is 1. The van der Waals surface area contributed by atoms with Crippen molar-refractivity contribution in [2.75, 3.05) is 19.8 Å². The molecule has 120 valence electrons. The fourth-order valence-electron chi connectivity index (χ4n) is 3.45. The Labute approximate surface area is 125 Å². The molecule has 0 radical (unpaired) electrons.